The molecule has 1 N–H and O–H groups in total. The first-order valence-electron chi connectivity index (χ1n) is 4.68. The number of likely N-dealkylation sites (N-methyl/N-ethyl adjacent to an activating group) is 1. The van der Waals surface area contributed by atoms with Gasteiger partial charge in [-0.2, -0.15) is 5.10 Å². The Kier molecular flexibility index (Phi) is 2.33. The highest BCUT2D eigenvalue weighted by Crippen LogP contribution is 2.11. The third-order valence-corrected chi connectivity index (χ3v) is 2.40. The Labute approximate surface area is 78.5 Å². The molecule has 1 aromatic rings. The SMILES string of the molecule is CNCc1cc2n(n1)CCN(C)C2. The minimum absolute atomic E-state index is 0.865. The van der Waals surface area contributed by atoms with Crippen LogP contribution in [-0.2, 0) is 19.6 Å². The normalized spacial score (nSPS) is 17.4. The summed E-state index contributed by atoms with van der Waals surface area (Å²) in [5.74, 6) is 0. The van der Waals surface area contributed by atoms with Crippen LogP contribution in [0.4, 0.5) is 0 Å². The molecule has 0 saturated heterocycles. The molecule has 2 heterocycles. The van der Waals surface area contributed by atoms with Crippen molar-refractivity contribution in [2.75, 3.05) is 20.6 Å². The largest absolute Gasteiger partial charge is 0.314 e. The van der Waals surface area contributed by atoms with Crippen molar-refractivity contribution in [1.29, 1.82) is 0 Å². The van der Waals surface area contributed by atoms with Gasteiger partial charge in [-0.05, 0) is 20.2 Å². The Hall–Kier alpha value is -0.870. The average Bonchev–Trinajstić information content (AvgIpc) is 2.46. The number of rotatable bonds is 2. The first-order chi connectivity index (χ1) is 6.29. The second-order valence-corrected chi connectivity index (χ2v) is 3.62. The molecule has 13 heavy (non-hydrogen) atoms. The molecule has 0 aliphatic carbocycles. The van der Waals surface area contributed by atoms with E-state index < -0.39 is 0 Å². The minimum Gasteiger partial charge on any atom is -0.314 e. The summed E-state index contributed by atoms with van der Waals surface area (Å²) in [6.07, 6.45) is 0. The summed E-state index contributed by atoms with van der Waals surface area (Å²) in [5.41, 5.74) is 2.48. The highest BCUT2D eigenvalue weighted by Gasteiger charge is 2.14. The number of hydrogen-bond acceptors (Lipinski definition) is 3. The zero-order valence-corrected chi connectivity index (χ0v) is 8.25. The van der Waals surface area contributed by atoms with E-state index in [2.05, 4.69) is 33.1 Å². The van der Waals surface area contributed by atoms with Gasteiger partial charge >= 0.3 is 0 Å². The van der Waals surface area contributed by atoms with Gasteiger partial charge in [0, 0.05) is 19.6 Å². The van der Waals surface area contributed by atoms with Gasteiger partial charge in [-0.25, -0.2) is 0 Å². The molecule has 2 rings (SSSR count). The lowest BCUT2D eigenvalue weighted by atomic mass is 10.3. The van der Waals surface area contributed by atoms with Crippen LogP contribution < -0.4 is 5.32 Å². The number of nitrogens with one attached hydrogen (secondary N) is 1. The molecule has 0 atom stereocenters. The summed E-state index contributed by atoms with van der Waals surface area (Å²) in [7, 11) is 4.10. The molecular weight excluding hydrogens is 164 g/mol. The van der Waals surface area contributed by atoms with Crippen LogP contribution in [0.5, 0.6) is 0 Å². The topological polar surface area (TPSA) is 33.1 Å². The lowest BCUT2D eigenvalue weighted by Gasteiger charge is -2.22. The van der Waals surface area contributed by atoms with E-state index in [1.165, 1.54) is 5.69 Å². The third kappa shape index (κ3) is 1.73. The summed E-state index contributed by atoms with van der Waals surface area (Å²) in [6.45, 7) is 4.02. The van der Waals surface area contributed by atoms with Crippen molar-refractivity contribution in [1.82, 2.24) is 20.0 Å². The molecule has 0 radical (unpaired) electrons. The van der Waals surface area contributed by atoms with E-state index >= 15 is 0 Å². The number of nitrogens with zero attached hydrogens (tertiary/aromatic N) is 3. The Morgan fingerprint density at radius 1 is 1.54 bits per heavy atom. The first kappa shape index (κ1) is 8.72. The molecule has 0 amide bonds. The van der Waals surface area contributed by atoms with Crippen LogP contribution >= 0.6 is 0 Å². The van der Waals surface area contributed by atoms with Gasteiger partial charge in [0.05, 0.1) is 17.9 Å². The van der Waals surface area contributed by atoms with Gasteiger partial charge in [0.2, 0.25) is 0 Å². The standard InChI is InChI=1S/C9H16N4/c1-10-6-8-5-9-7-12(2)3-4-13(9)11-8/h5,10H,3-4,6-7H2,1-2H3. The quantitative estimate of drug-likeness (QED) is 0.698. The van der Waals surface area contributed by atoms with Crippen LogP contribution in [0, 0.1) is 0 Å². The molecule has 1 aliphatic heterocycles. The van der Waals surface area contributed by atoms with Gasteiger partial charge in [0.15, 0.2) is 0 Å². The number of fused-ring (bicyclic) bond motifs is 1. The van der Waals surface area contributed by atoms with Crippen molar-refractivity contribution in [3.63, 3.8) is 0 Å². The second kappa shape index (κ2) is 3.47. The van der Waals surface area contributed by atoms with E-state index in [9.17, 15) is 0 Å². The lowest BCUT2D eigenvalue weighted by Crippen LogP contribution is -2.30. The van der Waals surface area contributed by atoms with Gasteiger partial charge in [-0.3, -0.25) is 9.58 Å². The van der Waals surface area contributed by atoms with Gasteiger partial charge < -0.3 is 5.32 Å². The molecule has 4 heteroatoms. The highest BCUT2D eigenvalue weighted by molar-refractivity contribution is 5.11. The van der Waals surface area contributed by atoms with Crippen molar-refractivity contribution in [2.45, 2.75) is 19.6 Å². The van der Waals surface area contributed by atoms with Crippen molar-refractivity contribution in [3.05, 3.63) is 17.5 Å². The Morgan fingerprint density at radius 3 is 3.15 bits per heavy atom. The fraction of sp³-hybridized carbons (Fsp3) is 0.667. The average molecular weight is 180 g/mol. The zero-order valence-electron chi connectivity index (χ0n) is 8.25. The fourth-order valence-corrected chi connectivity index (χ4v) is 1.72. The lowest BCUT2D eigenvalue weighted by molar-refractivity contribution is 0.258. The van der Waals surface area contributed by atoms with Crippen LogP contribution in [-0.4, -0.2) is 35.3 Å². The maximum absolute atomic E-state index is 4.50. The molecule has 4 nitrogen and oxygen atoms in total. The summed E-state index contributed by atoms with van der Waals surface area (Å²) in [5, 5.41) is 7.62. The molecule has 0 fully saturated rings. The van der Waals surface area contributed by atoms with Crippen molar-refractivity contribution < 1.29 is 0 Å². The number of aromatic nitrogens is 2. The molecule has 0 saturated carbocycles. The highest BCUT2D eigenvalue weighted by atomic mass is 15.3. The molecule has 0 aromatic carbocycles. The van der Waals surface area contributed by atoms with Gasteiger partial charge in [0.1, 0.15) is 0 Å². The van der Waals surface area contributed by atoms with E-state index in [1.807, 2.05) is 7.05 Å². The Bertz CT molecular complexity index is 292. The fourth-order valence-electron chi connectivity index (χ4n) is 1.72. The van der Waals surface area contributed by atoms with E-state index in [-0.39, 0.29) is 0 Å². The van der Waals surface area contributed by atoms with Crippen molar-refractivity contribution in [3.8, 4) is 0 Å². The van der Waals surface area contributed by atoms with Crippen molar-refractivity contribution >= 4 is 0 Å². The predicted octanol–water partition coefficient (Wildman–Crippen LogP) is 0.0479. The summed E-state index contributed by atoms with van der Waals surface area (Å²) in [6, 6.07) is 2.19. The second-order valence-electron chi connectivity index (χ2n) is 3.62. The molecule has 1 aromatic heterocycles. The molecule has 72 valence electrons. The van der Waals surface area contributed by atoms with Crippen LogP contribution in [0.15, 0.2) is 6.07 Å². The van der Waals surface area contributed by atoms with E-state index in [0.29, 0.717) is 0 Å². The third-order valence-electron chi connectivity index (χ3n) is 2.40. The zero-order chi connectivity index (χ0) is 9.26. The summed E-state index contributed by atoms with van der Waals surface area (Å²) < 4.78 is 2.12. The molecule has 0 bridgehead atoms. The van der Waals surface area contributed by atoms with Gasteiger partial charge in [0.25, 0.3) is 0 Å². The van der Waals surface area contributed by atoms with Crippen LogP contribution in [0.3, 0.4) is 0 Å². The van der Waals surface area contributed by atoms with Gasteiger partial charge in [-0.1, -0.05) is 0 Å². The molecule has 0 unspecified atom stereocenters. The van der Waals surface area contributed by atoms with E-state index in [1.54, 1.807) is 0 Å². The van der Waals surface area contributed by atoms with Crippen molar-refractivity contribution in [2.24, 2.45) is 0 Å². The Morgan fingerprint density at radius 2 is 2.38 bits per heavy atom. The smallest absolute Gasteiger partial charge is 0.0765 e. The van der Waals surface area contributed by atoms with E-state index in [4.69, 9.17) is 0 Å². The molecule has 1 aliphatic rings. The maximum atomic E-state index is 4.50. The molecular formula is C9H16N4. The Balaban J connectivity index is 2.18. The van der Waals surface area contributed by atoms with E-state index in [0.717, 1.165) is 31.9 Å². The van der Waals surface area contributed by atoms with Crippen LogP contribution in [0.1, 0.15) is 11.4 Å². The summed E-state index contributed by atoms with van der Waals surface area (Å²) in [4.78, 5) is 2.32. The first-order valence-corrected chi connectivity index (χ1v) is 4.68. The minimum atomic E-state index is 0.865. The maximum Gasteiger partial charge on any atom is 0.0765 e. The predicted molar refractivity (Wildman–Crippen MR) is 51.3 cm³/mol. The number of hydrogen-bond donors (Lipinski definition) is 1. The molecule has 0 spiro atoms. The van der Waals surface area contributed by atoms with Crippen LogP contribution in [0.25, 0.3) is 0 Å². The van der Waals surface area contributed by atoms with Crippen LogP contribution in [0.2, 0.25) is 0 Å². The van der Waals surface area contributed by atoms with Gasteiger partial charge in [-0.15, -0.1) is 0 Å². The summed E-state index contributed by atoms with van der Waals surface area (Å²) >= 11 is 0. The monoisotopic (exact) mass is 180 g/mol.